The van der Waals surface area contributed by atoms with Gasteiger partial charge in [-0.15, -0.1) is 0 Å². The van der Waals surface area contributed by atoms with Crippen LogP contribution in [-0.4, -0.2) is 36.7 Å². The summed E-state index contributed by atoms with van der Waals surface area (Å²) in [5.74, 6) is -3.02. The number of hydrogen-bond donors (Lipinski definition) is 0. The molecule has 0 aromatic heterocycles. The molecule has 0 saturated carbocycles. The van der Waals surface area contributed by atoms with Gasteiger partial charge in [-0.2, -0.15) is 0 Å². The minimum atomic E-state index is -0.749. The van der Waals surface area contributed by atoms with E-state index < -0.39 is 29.6 Å². The second-order valence-electron chi connectivity index (χ2n) is 7.21. The molecule has 32 heavy (non-hydrogen) atoms. The first kappa shape index (κ1) is 19.4. The third kappa shape index (κ3) is 2.66. The maximum absolute atomic E-state index is 12.9. The highest BCUT2D eigenvalue weighted by atomic mass is 16.5. The third-order valence-electron chi connectivity index (χ3n) is 5.43. The normalized spacial score (nSPS) is 14.7. The van der Waals surface area contributed by atoms with Gasteiger partial charge in [0, 0.05) is 0 Å². The van der Waals surface area contributed by atoms with Gasteiger partial charge < -0.3 is 4.74 Å². The van der Waals surface area contributed by atoms with Gasteiger partial charge in [0.05, 0.1) is 46.3 Å². The molecule has 4 amide bonds. The van der Waals surface area contributed by atoms with E-state index in [9.17, 15) is 24.0 Å². The average molecular weight is 426 g/mol. The summed E-state index contributed by atoms with van der Waals surface area (Å²) in [5.41, 5.74) is 0.974. The van der Waals surface area contributed by atoms with E-state index in [-0.39, 0.29) is 39.2 Å². The molecule has 5 rings (SSSR count). The Morgan fingerprint density at radius 2 is 0.969 bits per heavy atom. The molecule has 3 aromatic rings. The molecule has 0 fully saturated rings. The first-order valence-corrected chi connectivity index (χ1v) is 9.61. The molecule has 0 atom stereocenters. The average Bonchev–Trinajstić information content (AvgIpc) is 3.23. The van der Waals surface area contributed by atoms with Crippen molar-refractivity contribution in [3.8, 4) is 0 Å². The van der Waals surface area contributed by atoms with Gasteiger partial charge in [0.1, 0.15) is 0 Å². The summed E-state index contributed by atoms with van der Waals surface area (Å²) >= 11 is 0. The predicted octanol–water partition coefficient (Wildman–Crippen LogP) is 3.07. The molecule has 0 N–H and O–H groups in total. The van der Waals surface area contributed by atoms with Crippen molar-refractivity contribution >= 4 is 41.0 Å². The fourth-order valence-electron chi connectivity index (χ4n) is 3.94. The number of methoxy groups -OCH3 is 1. The fourth-order valence-corrected chi connectivity index (χ4v) is 3.94. The van der Waals surface area contributed by atoms with Crippen molar-refractivity contribution < 1.29 is 28.7 Å². The second kappa shape index (κ2) is 6.98. The summed E-state index contributed by atoms with van der Waals surface area (Å²) in [6, 6.07) is 16.7. The molecule has 8 heteroatoms. The van der Waals surface area contributed by atoms with Gasteiger partial charge in [0.2, 0.25) is 0 Å². The molecule has 2 heterocycles. The number of anilines is 2. The van der Waals surface area contributed by atoms with Gasteiger partial charge in [0.25, 0.3) is 23.6 Å². The summed E-state index contributed by atoms with van der Waals surface area (Å²) in [4.78, 5) is 65.9. The number of esters is 1. The van der Waals surface area contributed by atoms with E-state index in [1.165, 1.54) is 49.6 Å². The quantitative estimate of drug-likeness (QED) is 0.471. The molecule has 8 nitrogen and oxygen atoms in total. The summed E-state index contributed by atoms with van der Waals surface area (Å²) in [6.45, 7) is 0. The molecule has 156 valence electrons. The van der Waals surface area contributed by atoms with Crippen molar-refractivity contribution in [3.63, 3.8) is 0 Å². The van der Waals surface area contributed by atoms with Crippen molar-refractivity contribution in [2.45, 2.75) is 0 Å². The maximum atomic E-state index is 12.9. The van der Waals surface area contributed by atoms with Crippen LogP contribution in [0.4, 0.5) is 11.4 Å². The number of benzene rings is 3. The van der Waals surface area contributed by atoms with Gasteiger partial charge in [-0.05, 0) is 42.5 Å². The molecule has 0 aliphatic carbocycles. The van der Waals surface area contributed by atoms with Crippen LogP contribution in [0.25, 0.3) is 0 Å². The number of amides is 4. The van der Waals surface area contributed by atoms with Crippen molar-refractivity contribution in [3.05, 3.63) is 94.5 Å². The number of ether oxygens (including phenoxy) is 1. The predicted molar refractivity (Wildman–Crippen MR) is 113 cm³/mol. The number of carbonyl (C=O) groups excluding carboxylic acids is 5. The summed E-state index contributed by atoms with van der Waals surface area (Å²) < 4.78 is 4.79. The third-order valence-corrected chi connectivity index (χ3v) is 5.43. The molecule has 2 aliphatic rings. The lowest BCUT2D eigenvalue weighted by Gasteiger charge is -2.20. The Kier molecular flexibility index (Phi) is 4.23. The van der Waals surface area contributed by atoms with Crippen molar-refractivity contribution in [1.82, 2.24) is 0 Å². The van der Waals surface area contributed by atoms with Gasteiger partial charge in [0.15, 0.2) is 0 Å². The largest absolute Gasteiger partial charge is 0.465 e. The number of carbonyl (C=O) groups is 5. The zero-order valence-corrected chi connectivity index (χ0v) is 16.7. The topological polar surface area (TPSA) is 101 Å². The van der Waals surface area contributed by atoms with E-state index in [0.717, 1.165) is 9.80 Å². The lowest BCUT2D eigenvalue weighted by atomic mass is 10.1. The Hall–Kier alpha value is -4.59. The van der Waals surface area contributed by atoms with Crippen LogP contribution in [0.5, 0.6) is 0 Å². The van der Waals surface area contributed by atoms with Crippen molar-refractivity contribution in [1.29, 1.82) is 0 Å². The van der Waals surface area contributed by atoms with Crippen LogP contribution in [-0.2, 0) is 4.74 Å². The lowest BCUT2D eigenvalue weighted by Crippen LogP contribution is -2.32. The van der Waals surface area contributed by atoms with Crippen LogP contribution in [0.3, 0.4) is 0 Å². The minimum Gasteiger partial charge on any atom is -0.465 e. The molecule has 0 bridgehead atoms. The monoisotopic (exact) mass is 426 g/mol. The molecule has 3 aromatic carbocycles. The SMILES string of the molecule is COC(=O)c1cc(N2C(=O)c3ccccc3C2=O)cc(N2C(=O)c3ccccc3C2=O)c1. The Labute approximate surface area is 181 Å². The van der Waals surface area contributed by atoms with Gasteiger partial charge in [-0.25, -0.2) is 14.6 Å². The van der Waals surface area contributed by atoms with Crippen LogP contribution < -0.4 is 9.80 Å². The first-order chi connectivity index (χ1) is 15.4. The van der Waals surface area contributed by atoms with Gasteiger partial charge >= 0.3 is 5.97 Å². The molecule has 2 aliphatic heterocycles. The second-order valence-corrected chi connectivity index (χ2v) is 7.21. The Bertz CT molecular complexity index is 1210. The van der Waals surface area contributed by atoms with E-state index in [1.807, 2.05) is 0 Å². The van der Waals surface area contributed by atoms with E-state index in [4.69, 9.17) is 4.74 Å². The first-order valence-electron chi connectivity index (χ1n) is 9.61. The van der Waals surface area contributed by atoms with E-state index in [1.54, 1.807) is 24.3 Å². The Balaban J connectivity index is 1.66. The molecule has 0 unspecified atom stereocenters. The molecular formula is C24H14N2O6. The highest BCUT2D eigenvalue weighted by molar-refractivity contribution is 6.36. The Morgan fingerprint density at radius 1 is 0.625 bits per heavy atom. The van der Waals surface area contributed by atoms with E-state index in [0.29, 0.717) is 0 Å². The Morgan fingerprint density at radius 3 is 1.28 bits per heavy atom. The smallest absolute Gasteiger partial charge is 0.337 e. The number of fused-ring (bicyclic) bond motifs is 2. The highest BCUT2D eigenvalue weighted by Gasteiger charge is 2.39. The van der Waals surface area contributed by atoms with Crippen LogP contribution >= 0.6 is 0 Å². The minimum absolute atomic E-state index is 0.0203. The standard InChI is InChI=1S/C24H14N2O6/c1-32-24(31)13-10-14(25-20(27)16-6-2-3-7-17(16)21(25)28)12-15(11-13)26-22(29)18-8-4-5-9-19(18)23(26)30/h2-12H,1H3. The molecular weight excluding hydrogens is 412 g/mol. The van der Waals surface area contributed by atoms with Crippen molar-refractivity contribution in [2.24, 2.45) is 0 Å². The number of imide groups is 2. The van der Waals surface area contributed by atoms with Gasteiger partial charge in [-0.1, -0.05) is 24.3 Å². The van der Waals surface area contributed by atoms with E-state index in [2.05, 4.69) is 0 Å². The zero-order valence-electron chi connectivity index (χ0n) is 16.7. The maximum Gasteiger partial charge on any atom is 0.337 e. The van der Waals surface area contributed by atoms with Crippen LogP contribution in [0.1, 0.15) is 51.8 Å². The van der Waals surface area contributed by atoms with Crippen molar-refractivity contribution in [2.75, 3.05) is 16.9 Å². The number of nitrogens with zero attached hydrogens (tertiary/aromatic N) is 2. The summed E-state index contributed by atoms with van der Waals surface area (Å²) in [6.07, 6.45) is 0. The molecule has 0 saturated heterocycles. The summed E-state index contributed by atoms with van der Waals surface area (Å²) in [7, 11) is 1.18. The van der Waals surface area contributed by atoms with Crippen LogP contribution in [0.15, 0.2) is 66.7 Å². The zero-order chi connectivity index (χ0) is 22.6. The van der Waals surface area contributed by atoms with E-state index >= 15 is 0 Å². The van der Waals surface area contributed by atoms with Crippen LogP contribution in [0.2, 0.25) is 0 Å². The lowest BCUT2D eigenvalue weighted by molar-refractivity contribution is 0.0599. The number of hydrogen-bond acceptors (Lipinski definition) is 6. The molecule has 0 spiro atoms. The highest BCUT2D eigenvalue weighted by Crippen LogP contribution is 2.35. The fraction of sp³-hybridized carbons (Fsp3) is 0.0417. The van der Waals surface area contributed by atoms with Crippen LogP contribution in [0, 0.1) is 0 Å². The molecule has 0 radical (unpaired) electrons. The van der Waals surface area contributed by atoms with Gasteiger partial charge in [-0.3, -0.25) is 19.2 Å². The number of rotatable bonds is 3. The summed E-state index contributed by atoms with van der Waals surface area (Å²) in [5, 5.41) is 0.